The minimum atomic E-state index is -0.0699. The summed E-state index contributed by atoms with van der Waals surface area (Å²) in [5, 5.41) is 1.06. The Morgan fingerprint density at radius 2 is 2.29 bits per heavy atom. The number of aryl methyl sites for hydroxylation is 1. The van der Waals surface area contributed by atoms with E-state index in [0.717, 1.165) is 37.5 Å². The standard InChI is InChI=1S/C18H22N2O3S/c1-12-13(2)24-18-15(12)10-19(9-14-5-3-7-22-14)11-20(18)17(21)16-6-4-8-23-16/h4,6,8,14H,3,5,7,9-11H2,1-2H3. The average molecular weight is 346 g/mol. The van der Waals surface area contributed by atoms with Crippen molar-refractivity contribution in [1.82, 2.24) is 4.90 Å². The Morgan fingerprint density at radius 1 is 1.42 bits per heavy atom. The Balaban J connectivity index is 1.64. The molecule has 1 amide bonds. The summed E-state index contributed by atoms with van der Waals surface area (Å²) in [6.07, 6.45) is 4.08. The molecule has 0 aromatic carbocycles. The molecule has 1 fully saturated rings. The number of carbonyl (C=O) groups excluding carboxylic acids is 1. The fraction of sp³-hybridized carbons (Fsp3) is 0.500. The lowest BCUT2D eigenvalue weighted by atomic mass is 10.1. The minimum Gasteiger partial charge on any atom is -0.459 e. The maximum Gasteiger partial charge on any atom is 0.295 e. The summed E-state index contributed by atoms with van der Waals surface area (Å²) in [5.74, 6) is 0.322. The van der Waals surface area contributed by atoms with Crippen molar-refractivity contribution in [2.45, 2.75) is 39.3 Å². The number of rotatable bonds is 3. The fourth-order valence-corrected chi connectivity index (χ4v) is 4.64. The van der Waals surface area contributed by atoms with Crippen molar-refractivity contribution in [3.05, 3.63) is 40.2 Å². The number of thiophene rings is 1. The van der Waals surface area contributed by atoms with E-state index >= 15 is 0 Å². The number of furan rings is 1. The predicted octanol–water partition coefficient (Wildman–Crippen LogP) is 3.56. The molecule has 0 bridgehead atoms. The largest absolute Gasteiger partial charge is 0.459 e. The molecule has 0 spiro atoms. The molecule has 128 valence electrons. The highest BCUT2D eigenvalue weighted by molar-refractivity contribution is 7.16. The number of hydrogen-bond acceptors (Lipinski definition) is 5. The van der Waals surface area contributed by atoms with Gasteiger partial charge < -0.3 is 9.15 Å². The first-order valence-corrected chi connectivity index (χ1v) is 9.23. The van der Waals surface area contributed by atoms with Gasteiger partial charge in [-0.2, -0.15) is 0 Å². The van der Waals surface area contributed by atoms with Crippen LogP contribution in [0.25, 0.3) is 0 Å². The smallest absolute Gasteiger partial charge is 0.295 e. The lowest BCUT2D eigenvalue weighted by Crippen LogP contribution is -2.47. The summed E-state index contributed by atoms with van der Waals surface area (Å²) >= 11 is 1.70. The van der Waals surface area contributed by atoms with Gasteiger partial charge in [-0.05, 0) is 44.4 Å². The number of anilines is 1. The van der Waals surface area contributed by atoms with Gasteiger partial charge >= 0.3 is 0 Å². The van der Waals surface area contributed by atoms with Crippen LogP contribution in [0.15, 0.2) is 22.8 Å². The van der Waals surface area contributed by atoms with Crippen LogP contribution >= 0.6 is 11.3 Å². The number of amides is 1. The summed E-state index contributed by atoms with van der Waals surface area (Å²) in [7, 11) is 0. The van der Waals surface area contributed by atoms with Gasteiger partial charge in [-0.25, -0.2) is 0 Å². The van der Waals surface area contributed by atoms with Crippen molar-refractivity contribution >= 4 is 22.2 Å². The second-order valence-electron chi connectivity index (χ2n) is 6.57. The zero-order chi connectivity index (χ0) is 16.7. The lowest BCUT2D eigenvalue weighted by Gasteiger charge is -2.36. The fourth-order valence-electron chi connectivity index (χ4n) is 3.49. The molecule has 2 aliphatic rings. The molecule has 4 heterocycles. The van der Waals surface area contributed by atoms with Crippen molar-refractivity contribution in [1.29, 1.82) is 0 Å². The molecule has 1 saturated heterocycles. The maximum atomic E-state index is 12.9. The van der Waals surface area contributed by atoms with Gasteiger partial charge in [0, 0.05) is 30.1 Å². The molecule has 2 aromatic heterocycles. The van der Waals surface area contributed by atoms with E-state index in [1.54, 1.807) is 29.7 Å². The van der Waals surface area contributed by atoms with E-state index in [9.17, 15) is 4.79 Å². The van der Waals surface area contributed by atoms with Crippen molar-refractivity contribution in [2.75, 3.05) is 24.7 Å². The van der Waals surface area contributed by atoms with Gasteiger partial charge in [-0.3, -0.25) is 14.6 Å². The molecule has 0 N–H and O–H groups in total. The van der Waals surface area contributed by atoms with Crippen LogP contribution in [0.1, 0.15) is 39.4 Å². The highest BCUT2D eigenvalue weighted by Gasteiger charge is 2.33. The number of ether oxygens (including phenoxy) is 1. The Labute approximate surface area is 145 Å². The molecule has 1 atom stereocenters. The van der Waals surface area contributed by atoms with Crippen LogP contribution < -0.4 is 4.90 Å². The van der Waals surface area contributed by atoms with Gasteiger partial charge in [-0.1, -0.05) is 0 Å². The van der Waals surface area contributed by atoms with E-state index in [0.29, 0.717) is 12.4 Å². The maximum absolute atomic E-state index is 12.9. The zero-order valence-corrected chi connectivity index (χ0v) is 14.9. The second kappa shape index (κ2) is 6.35. The van der Waals surface area contributed by atoms with Crippen LogP contribution in [0.2, 0.25) is 0 Å². The first kappa shape index (κ1) is 15.9. The Kier molecular flexibility index (Phi) is 4.20. The van der Waals surface area contributed by atoms with E-state index in [1.165, 1.54) is 16.0 Å². The van der Waals surface area contributed by atoms with E-state index in [1.807, 2.05) is 4.90 Å². The van der Waals surface area contributed by atoms with Crippen molar-refractivity contribution < 1.29 is 13.9 Å². The highest BCUT2D eigenvalue weighted by atomic mass is 32.1. The molecule has 2 aliphatic heterocycles. The molecular formula is C18H22N2O3S. The second-order valence-corrected chi connectivity index (χ2v) is 7.77. The van der Waals surface area contributed by atoms with Crippen LogP contribution in [-0.2, 0) is 11.3 Å². The molecule has 0 radical (unpaired) electrons. The highest BCUT2D eigenvalue weighted by Crippen LogP contribution is 2.40. The number of carbonyl (C=O) groups is 1. The summed E-state index contributed by atoms with van der Waals surface area (Å²) in [6.45, 7) is 7.47. The molecule has 24 heavy (non-hydrogen) atoms. The lowest BCUT2D eigenvalue weighted by molar-refractivity contribution is 0.0659. The molecule has 4 rings (SSSR count). The number of fused-ring (bicyclic) bond motifs is 1. The van der Waals surface area contributed by atoms with Gasteiger partial charge in [0.15, 0.2) is 5.76 Å². The van der Waals surface area contributed by atoms with E-state index in [4.69, 9.17) is 9.15 Å². The summed E-state index contributed by atoms with van der Waals surface area (Å²) in [4.78, 5) is 18.4. The third-order valence-corrected chi connectivity index (χ3v) is 6.19. The van der Waals surface area contributed by atoms with Crippen LogP contribution in [0.5, 0.6) is 0 Å². The summed E-state index contributed by atoms with van der Waals surface area (Å²) in [5.41, 5.74) is 2.56. The van der Waals surface area contributed by atoms with Crippen molar-refractivity contribution in [3.63, 3.8) is 0 Å². The molecular weight excluding hydrogens is 324 g/mol. The van der Waals surface area contributed by atoms with Crippen LogP contribution in [-0.4, -0.2) is 36.7 Å². The Morgan fingerprint density at radius 3 is 3.00 bits per heavy atom. The minimum absolute atomic E-state index is 0.0699. The third-order valence-electron chi connectivity index (χ3n) is 4.92. The van der Waals surface area contributed by atoms with Crippen molar-refractivity contribution in [3.8, 4) is 0 Å². The Hall–Kier alpha value is -1.63. The van der Waals surface area contributed by atoms with E-state index in [-0.39, 0.29) is 12.0 Å². The Bertz CT molecular complexity index is 732. The van der Waals surface area contributed by atoms with Crippen LogP contribution in [0.3, 0.4) is 0 Å². The third kappa shape index (κ3) is 2.79. The quantitative estimate of drug-likeness (QED) is 0.852. The van der Waals surface area contributed by atoms with Gasteiger partial charge in [0.25, 0.3) is 5.91 Å². The molecule has 1 unspecified atom stereocenters. The first-order chi connectivity index (χ1) is 11.6. The monoisotopic (exact) mass is 346 g/mol. The van der Waals surface area contributed by atoms with E-state index in [2.05, 4.69) is 18.7 Å². The zero-order valence-electron chi connectivity index (χ0n) is 14.1. The molecule has 0 aliphatic carbocycles. The molecule has 2 aromatic rings. The van der Waals surface area contributed by atoms with Crippen LogP contribution in [0, 0.1) is 13.8 Å². The van der Waals surface area contributed by atoms with Gasteiger partial charge in [-0.15, -0.1) is 11.3 Å². The average Bonchev–Trinajstić information content (AvgIpc) is 3.31. The number of hydrogen-bond donors (Lipinski definition) is 0. The first-order valence-electron chi connectivity index (χ1n) is 8.41. The SMILES string of the molecule is Cc1sc2c(c1C)CN(CC1CCCO1)CN2C(=O)c1ccco1. The summed E-state index contributed by atoms with van der Waals surface area (Å²) < 4.78 is 11.1. The number of nitrogens with zero attached hydrogens (tertiary/aromatic N) is 2. The molecule has 5 nitrogen and oxygen atoms in total. The van der Waals surface area contributed by atoms with E-state index < -0.39 is 0 Å². The van der Waals surface area contributed by atoms with Crippen LogP contribution in [0.4, 0.5) is 5.00 Å². The van der Waals surface area contributed by atoms with Gasteiger partial charge in [0.1, 0.15) is 5.00 Å². The van der Waals surface area contributed by atoms with Crippen molar-refractivity contribution in [2.24, 2.45) is 0 Å². The predicted molar refractivity (Wildman–Crippen MR) is 93.6 cm³/mol. The van der Waals surface area contributed by atoms with Gasteiger partial charge in [0.05, 0.1) is 19.0 Å². The molecule has 6 heteroatoms. The normalized spacial score (nSPS) is 21.2. The van der Waals surface area contributed by atoms with Gasteiger partial charge in [0.2, 0.25) is 0 Å². The topological polar surface area (TPSA) is 45.9 Å². The summed E-state index contributed by atoms with van der Waals surface area (Å²) in [6, 6.07) is 3.49. The molecule has 0 saturated carbocycles.